The number of azo groups is 1. The first-order valence-electron chi connectivity index (χ1n) is 11.2. The van der Waals surface area contributed by atoms with Crippen LogP contribution in [0.4, 0.5) is 27.5 Å². The molecule has 12 heteroatoms. The summed E-state index contributed by atoms with van der Waals surface area (Å²) in [6.45, 7) is 2.41. The van der Waals surface area contributed by atoms with Gasteiger partial charge in [0.05, 0.1) is 47.7 Å². The van der Waals surface area contributed by atoms with Gasteiger partial charge in [-0.15, -0.1) is 5.11 Å². The molecular weight excluding hydrogens is 485 g/mol. The van der Waals surface area contributed by atoms with Crippen LogP contribution in [0.3, 0.4) is 0 Å². The lowest BCUT2D eigenvalue weighted by atomic mass is 10.1. The second-order valence-corrected chi connectivity index (χ2v) is 8.20. The Morgan fingerprint density at radius 1 is 1.03 bits per heavy atom. The SMILES string of the molecule is Fc1cnc(N=NCc2ccc(Nc3ccc(-c4ccncn4)c(Cl)c3)cn2)nc1N1CCOCC1. The largest absolute Gasteiger partial charge is 0.378 e. The molecule has 36 heavy (non-hydrogen) atoms. The minimum atomic E-state index is -0.495. The molecule has 0 unspecified atom stereocenters. The van der Waals surface area contributed by atoms with Crippen molar-refractivity contribution in [2.75, 3.05) is 36.5 Å². The van der Waals surface area contributed by atoms with Crippen LogP contribution in [-0.2, 0) is 11.3 Å². The molecule has 0 spiro atoms. The van der Waals surface area contributed by atoms with Crippen LogP contribution in [0.2, 0.25) is 5.02 Å². The molecule has 1 saturated heterocycles. The van der Waals surface area contributed by atoms with Gasteiger partial charge in [-0.25, -0.2) is 19.3 Å². The smallest absolute Gasteiger partial charge is 0.270 e. The van der Waals surface area contributed by atoms with Gasteiger partial charge in [0.25, 0.3) is 5.95 Å². The molecule has 1 aromatic carbocycles. The van der Waals surface area contributed by atoms with Crippen molar-refractivity contribution in [2.24, 2.45) is 10.2 Å². The number of hydrogen-bond donors (Lipinski definition) is 1. The monoisotopic (exact) mass is 505 g/mol. The van der Waals surface area contributed by atoms with Gasteiger partial charge in [0.1, 0.15) is 12.9 Å². The highest BCUT2D eigenvalue weighted by Gasteiger charge is 2.17. The Bertz CT molecular complexity index is 1350. The summed E-state index contributed by atoms with van der Waals surface area (Å²) in [5.41, 5.74) is 3.89. The molecule has 1 fully saturated rings. The topological polar surface area (TPSA) is 114 Å². The average Bonchev–Trinajstić information content (AvgIpc) is 2.92. The highest BCUT2D eigenvalue weighted by molar-refractivity contribution is 6.33. The van der Waals surface area contributed by atoms with Crippen LogP contribution in [0.5, 0.6) is 0 Å². The number of anilines is 3. The van der Waals surface area contributed by atoms with Crippen molar-refractivity contribution in [3.8, 4) is 11.3 Å². The predicted octanol–water partition coefficient (Wildman–Crippen LogP) is 4.99. The molecule has 0 atom stereocenters. The molecule has 0 radical (unpaired) electrons. The minimum absolute atomic E-state index is 0.0958. The maximum Gasteiger partial charge on any atom is 0.270 e. The zero-order valence-corrected chi connectivity index (χ0v) is 19.8. The Kier molecular flexibility index (Phi) is 7.29. The number of benzene rings is 1. The van der Waals surface area contributed by atoms with Gasteiger partial charge in [0, 0.05) is 30.5 Å². The van der Waals surface area contributed by atoms with Crippen molar-refractivity contribution in [3.63, 3.8) is 0 Å². The highest BCUT2D eigenvalue weighted by Crippen LogP contribution is 2.30. The third-order valence-corrected chi connectivity index (χ3v) is 5.67. The first-order valence-corrected chi connectivity index (χ1v) is 11.5. The molecule has 182 valence electrons. The predicted molar refractivity (Wildman–Crippen MR) is 133 cm³/mol. The average molecular weight is 506 g/mol. The molecule has 10 nitrogen and oxygen atoms in total. The molecule has 1 aliphatic heterocycles. The lowest BCUT2D eigenvalue weighted by Crippen LogP contribution is -2.37. The Labute approximate surface area is 211 Å². The molecule has 0 saturated carbocycles. The van der Waals surface area contributed by atoms with Crippen molar-refractivity contribution in [1.29, 1.82) is 0 Å². The van der Waals surface area contributed by atoms with Crippen LogP contribution in [0.25, 0.3) is 11.3 Å². The van der Waals surface area contributed by atoms with Crippen LogP contribution in [0, 0.1) is 5.82 Å². The first-order chi connectivity index (χ1) is 17.7. The van der Waals surface area contributed by atoms with Crippen molar-refractivity contribution in [1.82, 2.24) is 24.9 Å². The number of morpholine rings is 1. The fraction of sp³-hybridized carbons (Fsp3) is 0.208. The summed E-state index contributed by atoms with van der Waals surface area (Å²) in [6, 6.07) is 11.2. The molecule has 4 heterocycles. The number of nitrogens with zero attached hydrogens (tertiary/aromatic N) is 8. The second kappa shape index (κ2) is 11.1. The number of aromatic nitrogens is 5. The van der Waals surface area contributed by atoms with Crippen LogP contribution >= 0.6 is 11.6 Å². The summed E-state index contributed by atoms with van der Waals surface area (Å²) in [5.74, 6) is -0.190. The number of rotatable bonds is 7. The van der Waals surface area contributed by atoms with E-state index in [9.17, 15) is 4.39 Å². The van der Waals surface area contributed by atoms with E-state index in [1.807, 2.05) is 35.2 Å². The van der Waals surface area contributed by atoms with E-state index in [0.29, 0.717) is 37.0 Å². The van der Waals surface area contributed by atoms with Gasteiger partial charge in [0.2, 0.25) is 0 Å². The van der Waals surface area contributed by atoms with Crippen LogP contribution in [-0.4, -0.2) is 51.2 Å². The minimum Gasteiger partial charge on any atom is -0.378 e. The molecular formula is C24H21ClFN9O. The Morgan fingerprint density at radius 2 is 1.89 bits per heavy atom. The van der Waals surface area contributed by atoms with Crippen molar-refractivity contribution in [2.45, 2.75) is 6.54 Å². The molecule has 1 N–H and O–H groups in total. The zero-order valence-electron chi connectivity index (χ0n) is 19.1. The van der Waals surface area contributed by atoms with Gasteiger partial charge in [-0.1, -0.05) is 11.6 Å². The molecule has 0 amide bonds. The van der Waals surface area contributed by atoms with Crippen molar-refractivity contribution in [3.05, 3.63) is 77.8 Å². The zero-order chi connectivity index (χ0) is 24.7. The van der Waals surface area contributed by atoms with E-state index in [-0.39, 0.29) is 18.3 Å². The Balaban J connectivity index is 1.20. The van der Waals surface area contributed by atoms with Gasteiger partial charge >= 0.3 is 0 Å². The van der Waals surface area contributed by atoms with Crippen LogP contribution < -0.4 is 10.2 Å². The van der Waals surface area contributed by atoms with E-state index in [0.717, 1.165) is 28.8 Å². The summed E-state index contributed by atoms with van der Waals surface area (Å²) < 4.78 is 19.4. The Morgan fingerprint density at radius 3 is 2.64 bits per heavy atom. The van der Waals surface area contributed by atoms with E-state index in [4.69, 9.17) is 16.3 Å². The number of nitrogens with one attached hydrogen (secondary N) is 1. The first kappa shape index (κ1) is 23.6. The third kappa shape index (κ3) is 5.75. The fourth-order valence-corrected chi connectivity index (χ4v) is 3.85. The third-order valence-electron chi connectivity index (χ3n) is 5.36. The molecule has 3 aromatic heterocycles. The summed E-state index contributed by atoms with van der Waals surface area (Å²) in [7, 11) is 0. The van der Waals surface area contributed by atoms with Gasteiger partial charge in [-0.05, 0) is 36.4 Å². The number of halogens is 2. The number of hydrogen-bond acceptors (Lipinski definition) is 10. The van der Waals surface area contributed by atoms with E-state index in [2.05, 4.69) is 40.5 Å². The fourth-order valence-electron chi connectivity index (χ4n) is 3.57. The van der Waals surface area contributed by atoms with E-state index < -0.39 is 5.82 Å². The normalized spacial score (nSPS) is 13.8. The van der Waals surface area contributed by atoms with Gasteiger partial charge in [0.15, 0.2) is 11.6 Å². The van der Waals surface area contributed by atoms with E-state index in [1.165, 1.54) is 6.33 Å². The lowest BCUT2D eigenvalue weighted by Gasteiger charge is -2.27. The van der Waals surface area contributed by atoms with Gasteiger partial charge in [-0.2, -0.15) is 10.1 Å². The molecule has 5 rings (SSSR count). The maximum absolute atomic E-state index is 14.1. The van der Waals surface area contributed by atoms with Crippen LogP contribution in [0.1, 0.15) is 5.69 Å². The van der Waals surface area contributed by atoms with Gasteiger partial charge < -0.3 is 15.0 Å². The van der Waals surface area contributed by atoms with Crippen molar-refractivity contribution >= 4 is 34.7 Å². The molecule has 1 aliphatic rings. The quantitative estimate of drug-likeness (QED) is 0.349. The lowest BCUT2D eigenvalue weighted by molar-refractivity contribution is 0.122. The highest BCUT2D eigenvalue weighted by atomic mass is 35.5. The van der Waals surface area contributed by atoms with Crippen molar-refractivity contribution < 1.29 is 9.13 Å². The maximum atomic E-state index is 14.1. The second-order valence-electron chi connectivity index (χ2n) is 7.79. The number of ether oxygens (including phenoxy) is 1. The summed E-state index contributed by atoms with van der Waals surface area (Å²) in [6.07, 6.45) is 5.96. The molecule has 0 aliphatic carbocycles. The standard InChI is InChI=1S/C24H21ClFN9O/c25-20-11-16(3-4-19(20)22-5-6-27-15-30-22)32-18-2-1-17(28-12-18)13-31-34-24-29-14-21(26)23(33-24)35-7-9-36-10-8-35/h1-6,11-12,14-15,32H,7-10,13H2. The van der Waals surface area contributed by atoms with Gasteiger partial charge in [-0.3, -0.25) is 4.98 Å². The molecule has 0 bridgehead atoms. The van der Waals surface area contributed by atoms with E-state index in [1.54, 1.807) is 18.5 Å². The van der Waals surface area contributed by atoms with Crippen LogP contribution in [0.15, 0.2) is 71.5 Å². The number of pyridine rings is 1. The van der Waals surface area contributed by atoms with E-state index >= 15 is 0 Å². The summed E-state index contributed by atoms with van der Waals surface area (Å²) >= 11 is 6.45. The Hall–Kier alpha value is -4.09. The summed E-state index contributed by atoms with van der Waals surface area (Å²) in [4.78, 5) is 22.5. The summed E-state index contributed by atoms with van der Waals surface area (Å²) in [5, 5.41) is 12.0. The molecule has 4 aromatic rings.